The quantitative estimate of drug-likeness (QED) is 0.816. The fraction of sp³-hybridized carbons (Fsp3) is 0.500. The Morgan fingerprint density at radius 1 is 1.27 bits per heavy atom. The van der Waals surface area contributed by atoms with E-state index >= 15 is 0 Å². The van der Waals surface area contributed by atoms with Crippen LogP contribution < -0.4 is 5.73 Å². The smallest absolute Gasteiger partial charge is 0.270 e. The molecule has 1 rings (SSSR count). The van der Waals surface area contributed by atoms with E-state index in [1.54, 1.807) is 12.1 Å². The van der Waals surface area contributed by atoms with Gasteiger partial charge in [-0.05, 0) is 24.4 Å². The molecule has 0 spiro atoms. The molecule has 0 heterocycles. The Labute approximate surface area is 89.3 Å². The lowest BCUT2D eigenvalue weighted by molar-refractivity contribution is 0.0174. The number of alkyl halides is 2. The zero-order valence-corrected chi connectivity index (χ0v) is 9.13. The lowest BCUT2D eigenvalue weighted by atomic mass is 9.95. The van der Waals surface area contributed by atoms with Crippen LogP contribution in [0.1, 0.15) is 37.3 Å². The second-order valence-electron chi connectivity index (χ2n) is 3.85. The maximum absolute atomic E-state index is 12.9. The van der Waals surface area contributed by atoms with Crippen molar-refractivity contribution in [1.29, 1.82) is 0 Å². The highest BCUT2D eigenvalue weighted by molar-refractivity contribution is 5.27. The fourth-order valence-corrected chi connectivity index (χ4v) is 1.59. The average molecular weight is 213 g/mol. The van der Waals surface area contributed by atoms with Crippen LogP contribution in [0, 0.1) is 0 Å². The molecule has 15 heavy (non-hydrogen) atoms. The van der Waals surface area contributed by atoms with Crippen LogP contribution in [0.15, 0.2) is 24.3 Å². The van der Waals surface area contributed by atoms with Gasteiger partial charge in [0.1, 0.15) is 0 Å². The summed E-state index contributed by atoms with van der Waals surface area (Å²) in [4.78, 5) is 0. The number of benzene rings is 1. The van der Waals surface area contributed by atoms with Crippen LogP contribution >= 0.6 is 0 Å². The molecule has 1 aromatic rings. The van der Waals surface area contributed by atoms with Crippen molar-refractivity contribution in [3.63, 3.8) is 0 Å². The van der Waals surface area contributed by atoms with E-state index in [2.05, 4.69) is 0 Å². The highest BCUT2D eigenvalue weighted by Gasteiger charge is 2.23. The summed E-state index contributed by atoms with van der Waals surface area (Å²) in [5.41, 5.74) is 6.68. The molecule has 1 aromatic carbocycles. The molecule has 0 saturated carbocycles. The van der Waals surface area contributed by atoms with Gasteiger partial charge in [0.05, 0.1) is 0 Å². The molecule has 0 aliphatic rings. The second kappa shape index (κ2) is 4.71. The molecule has 1 unspecified atom stereocenters. The predicted molar refractivity (Wildman–Crippen MR) is 58.1 cm³/mol. The summed E-state index contributed by atoms with van der Waals surface area (Å²) in [6.07, 6.45) is 0.929. The van der Waals surface area contributed by atoms with Gasteiger partial charge in [0.15, 0.2) is 0 Å². The molecule has 0 radical (unpaired) electrons. The minimum atomic E-state index is -2.76. The van der Waals surface area contributed by atoms with Crippen molar-refractivity contribution in [2.75, 3.05) is 6.54 Å². The third kappa shape index (κ3) is 2.99. The first-order chi connectivity index (χ1) is 6.99. The average Bonchev–Trinajstić information content (AvgIpc) is 2.19. The highest BCUT2D eigenvalue weighted by atomic mass is 19.3. The lowest BCUT2D eigenvalue weighted by Crippen LogP contribution is -2.12. The van der Waals surface area contributed by atoms with Crippen LogP contribution in [0.2, 0.25) is 0 Å². The van der Waals surface area contributed by atoms with E-state index in [9.17, 15) is 8.78 Å². The van der Waals surface area contributed by atoms with Gasteiger partial charge in [-0.15, -0.1) is 0 Å². The molecule has 3 heteroatoms. The molecule has 0 fully saturated rings. The van der Waals surface area contributed by atoms with Crippen LogP contribution in [0.25, 0.3) is 0 Å². The van der Waals surface area contributed by atoms with E-state index in [0.717, 1.165) is 18.9 Å². The maximum Gasteiger partial charge on any atom is 0.270 e. The third-order valence-corrected chi connectivity index (χ3v) is 2.67. The Hall–Kier alpha value is -0.960. The van der Waals surface area contributed by atoms with Gasteiger partial charge in [-0.2, -0.15) is 0 Å². The predicted octanol–water partition coefficient (Wildman–Crippen LogP) is 3.25. The number of hydrogen-bond donors (Lipinski definition) is 1. The summed E-state index contributed by atoms with van der Waals surface area (Å²) in [6, 6.07) is 6.45. The van der Waals surface area contributed by atoms with E-state index < -0.39 is 5.92 Å². The van der Waals surface area contributed by atoms with Crippen LogP contribution in [-0.4, -0.2) is 6.54 Å². The van der Waals surface area contributed by atoms with Gasteiger partial charge in [-0.25, -0.2) is 8.78 Å². The van der Waals surface area contributed by atoms with Crippen molar-refractivity contribution in [3.8, 4) is 0 Å². The summed E-state index contributed by atoms with van der Waals surface area (Å²) in [7, 11) is 0. The summed E-state index contributed by atoms with van der Waals surface area (Å²) in [6.45, 7) is 3.50. The van der Waals surface area contributed by atoms with Crippen molar-refractivity contribution in [2.45, 2.75) is 32.1 Å². The molecule has 1 nitrogen and oxygen atoms in total. The van der Waals surface area contributed by atoms with Gasteiger partial charge in [-0.3, -0.25) is 0 Å². The van der Waals surface area contributed by atoms with E-state index in [1.165, 1.54) is 12.1 Å². The standard InChI is InChI=1S/C12H17F2N/c1-3-9(8-15)10-4-6-11(7-5-10)12(2,13)14/h4-7,9H,3,8,15H2,1-2H3. The van der Waals surface area contributed by atoms with Gasteiger partial charge in [0.2, 0.25) is 0 Å². The van der Waals surface area contributed by atoms with E-state index in [1.807, 2.05) is 6.92 Å². The summed E-state index contributed by atoms with van der Waals surface area (Å²) in [5, 5.41) is 0. The summed E-state index contributed by atoms with van der Waals surface area (Å²) >= 11 is 0. The minimum Gasteiger partial charge on any atom is -0.330 e. The van der Waals surface area contributed by atoms with Crippen LogP contribution in [-0.2, 0) is 5.92 Å². The molecule has 0 amide bonds. The molecule has 0 aliphatic heterocycles. The zero-order chi connectivity index (χ0) is 11.5. The molecule has 84 valence electrons. The van der Waals surface area contributed by atoms with E-state index in [-0.39, 0.29) is 11.5 Å². The molecule has 0 aliphatic carbocycles. The van der Waals surface area contributed by atoms with Gasteiger partial charge < -0.3 is 5.73 Å². The Morgan fingerprint density at radius 2 is 1.80 bits per heavy atom. The maximum atomic E-state index is 12.9. The van der Waals surface area contributed by atoms with Crippen molar-refractivity contribution in [3.05, 3.63) is 35.4 Å². The summed E-state index contributed by atoms with van der Waals surface area (Å²) < 4.78 is 25.9. The Kier molecular flexibility index (Phi) is 3.80. The minimum absolute atomic E-state index is 0.0538. The highest BCUT2D eigenvalue weighted by Crippen LogP contribution is 2.28. The first-order valence-electron chi connectivity index (χ1n) is 5.17. The van der Waals surface area contributed by atoms with Crippen LogP contribution in [0.3, 0.4) is 0 Å². The lowest BCUT2D eigenvalue weighted by Gasteiger charge is -2.15. The van der Waals surface area contributed by atoms with Crippen molar-refractivity contribution < 1.29 is 8.78 Å². The van der Waals surface area contributed by atoms with Crippen molar-refractivity contribution in [1.82, 2.24) is 0 Å². The largest absolute Gasteiger partial charge is 0.330 e. The first-order valence-corrected chi connectivity index (χ1v) is 5.17. The van der Waals surface area contributed by atoms with Gasteiger partial charge in [0, 0.05) is 12.5 Å². The van der Waals surface area contributed by atoms with Gasteiger partial charge in [-0.1, -0.05) is 31.2 Å². The first kappa shape index (κ1) is 12.1. The molecule has 0 saturated heterocycles. The monoisotopic (exact) mass is 213 g/mol. The fourth-order valence-electron chi connectivity index (χ4n) is 1.59. The van der Waals surface area contributed by atoms with E-state index in [4.69, 9.17) is 5.73 Å². The number of hydrogen-bond acceptors (Lipinski definition) is 1. The van der Waals surface area contributed by atoms with Gasteiger partial charge >= 0.3 is 0 Å². The third-order valence-electron chi connectivity index (χ3n) is 2.67. The second-order valence-corrected chi connectivity index (χ2v) is 3.85. The number of rotatable bonds is 4. The summed E-state index contributed by atoms with van der Waals surface area (Å²) in [5.74, 6) is -2.49. The molecule has 0 bridgehead atoms. The van der Waals surface area contributed by atoms with Crippen LogP contribution in [0.5, 0.6) is 0 Å². The molecule has 0 aromatic heterocycles. The molecule has 1 atom stereocenters. The normalized spacial score (nSPS) is 13.9. The van der Waals surface area contributed by atoms with Crippen molar-refractivity contribution in [2.24, 2.45) is 5.73 Å². The van der Waals surface area contributed by atoms with Crippen LogP contribution in [0.4, 0.5) is 8.78 Å². The zero-order valence-electron chi connectivity index (χ0n) is 9.13. The topological polar surface area (TPSA) is 26.0 Å². The molecular weight excluding hydrogens is 196 g/mol. The van der Waals surface area contributed by atoms with Gasteiger partial charge in [0.25, 0.3) is 5.92 Å². The van der Waals surface area contributed by atoms with E-state index in [0.29, 0.717) is 6.54 Å². The SMILES string of the molecule is CCC(CN)c1ccc(C(C)(F)F)cc1. The molecular formula is C12H17F2N. The molecule has 2 N–H and O–H groups in total. The Bertz CT molecular complexity index is 296. The number of nitrogens with two attached hydrogens (primary N) is 1. The Balaban J connectivity index is 2.89. The van der Waals surface area contributed by atoms with Crippen molar-refractivity contribution >= 4 is 0 Å². The Morgan fingerprint density at radius 3 is 2.13 bits per heavy atom. The number of halogens is 2.